The van der Waals surface area contributed by atoms with E-state index < -0.39 is 0 Å². The highest BCUT2D eigenvalue weighted by atomic mass is 15.3. The quantitative estimate of drug-likeness (QED) is 0.372. The van der Waals surface area contributed by atoms with E-state index in [4.69, 9.17) is 0 Å². The van der Waals surface area contributed by atoms with E-state index in [1.54, 1.807) is 0 Å². The zero-order chi connectivity index (χ0) is 3.86. The van der Waals surface area contributed by atoms with Crippen molar-refractivity contribution in [1.29, 1.82) is 0 Å². The minimum Gasteiger partial charge on any atom is -0.301 e. The third-order valence-electron chi connectivity index (χ3n) is 1.17. The Morgan fingerprint density at radius 3 is 2.00 bits per heavy atom. The van der Waals surface area contributed by atoms with Gasteiger partial charge in [0.1, 0.15) is 0 Å². The van der Waals surface area contributed by atoms with Crippen molar-refractivity contribution < 1.29 is 0 Å². The molecule has 0 aromatic heterocycles. The Balaban J connectivity index is 2.20. The fourth-order valence-electron chi connectivity index (χ4n) is 0.370. The molecular weight excluding hydrogens is 62.1 g/mol. The van der Waals surface area contributed by atoms with Crippen LogP contribution in [0.3, 0.4) is 0 Å². The maximum Gasteiger partial charge on any atom is 0.0192 e. The van der Waals surface area contributed by atoms with Crippen molar-refractivity contribution in [3.8, 4) is 0 Å². The number of likely N-dealkylation sites (N-methyl/N-ethyl adjacent to an activating group) is 1. The molecule has 0 spiro atoms. The lowest BCUT2D eigenvalue weighted by molar-refractivity contribution is 0.638. The van der Waals surface area contributed by atoms with Crippen molar-refractivity contribution in [2.45, 2.75) is 13.0 Å². The van der Waals surface area contributed by atoms with Gasteiger partial charge in [-0.05, 0) is 14.0 Å². The van der Waals surface area contributed by atoms with Crippen molar-refractivity contribution in [1.82, 2.24) is 4.90 Å². The summed E-state index contributed by atoms with van der Waals surface area (Å²) in [6, 6.07) is 0.884. The van der Waals surface area contributed by atoms with Gasteiger partial charge >= 0.3 is 0 Å². The van der Waals surface area contributed by atoms with Crippen LogP contribution in [0.4, 0.5) is 0 Å². The highest BCUT2D eigenvalue weighted by molar-refractivity contribution is 4.79. The summed E-state index contributed by atoms with van der Waals surface area (Å²) in [6.45, 7) is 3.53. The maximum absolute atomic E-state index is 2.29. The molecule has 5 heavy (non-hydrogen) atoms. The molecule has 0 unspecified atom stereocenters. The second-order valence-corrected chi connectivity index (χ2v) is 1.79. The lowest BCUT2D eigenvalue weighted by atomic mass is 10.6. The van der Waals surface area contributed by atoms with Crippen molar-refractivity contribution in [2.75, 3.05) is 13.6 Å². The summed E-state index contributed by atoms with van der Waals surface area (Å²) >= 11 is 0. The summed E-state index contributed by atoms with van der Waals surface area (Å²) in [4.78, 5) is 2.29. The van der Waals surface area contributed by atoms with Crippen molar-refractivity contribution >= 4 is 0 Å². The summed E-state index contributed by atoms with van der Waals surface area (Å²) in [7, 11) is 2.13. The topological polar surface area (TPSA) is 3.01 Å². The fourth-order valence-corrected chi connectivity index (χ4v) is 0.370. The summed E-state index contributed by atoms with van der Waals surface area (Å²) in [5, 5.41) is 0. The van der Waals surface area contributed by atoms with Crippen LogP contribution in [-0.2, 0) is 0 Å². The average Bonchev–Trinajstić information content (AvgIpc) is 1.79. The lowest BCUT2D eigenvalue weighted by Crippen LogP contribution is -1.84. The van der Waals surface area contributed by atoms with E-state index in [-0.39, 0.29) is 0 Å². The van der Waals surface area contributed by atoms with Crippen LogP contribution in [0.25, 0.3) is 0 Å². The lowest BCUT2D eigenvalue weighted by Gasteiger charge is -1.75. The van der Waals surface area contributed by atoms with Gasteiger partial charge in [-0.25, -0.2) is 0 Å². The van der Waals surface area contributed by atoms with Gasteiger partial charge in [0.15, 0.2) is 0 Å². The predicted molar refractivity (Wildman–Crippen MR) is 22.1 cm³/mol. The Morgan fingerprint density at radius 1 is 1.80 bits per heavy atom. The predicted octanol–water partition coefficient (Wildman–Crippen LogP) is 0.320. The first kappa shape index (κ1) is 3.16. The first-order chi connectivity index (χ1) is 2.30. The minimum atomic E-state index is 0.884. The largest absolute Gasteiger partial charge is 0.301 e. The molecule has 1 fully saturated rings. The molecule has 30 valence electrons. The SMILES string of the molecule is C[C@@H]1C[N@]1C. The van der Waals surface area contributed by atoms with E-state index in [1.807, 2.05) is 0 Å². The van der Waals surface area contributed by atoms with Gasteiger partial charge in [0.2, 0.25) is 0 Å². The summed E-state index contributed by atoms with van der Waals surface area (Å²) in [5.41, 5.74) is 0. The van der Waals surface area contributed by atoms with Crippen LogP contribution in [0.5, 0.6) is 0 Å². The van der Waals surface area contributed by atoms with E-state index >= 15 is 0 Å². The third kappa shape index (κ3) is 0.428. The molecule has 1 aliphatic rings. The standard InChI is InChI=1S/C4H9N/c1-4-3-5(4)2/h4H,3H2,1-2H3/t4-,5+/m1/s1. The van der Waals surface area contributed by atoms with Crippen molar-refractivity contribution in [3.63, 3.8) is 0 Å². The second kappa shape index (κ2) is 0.716. The van der Waals surface area contributed by atoms with Crippen LogP contribution in [0.1, 0.15) is 6.92 Å². The number of hydrogen-bond acceptors (Lipinski definition) is 1. The number of hydrogen-bond donors (Lipinski definition) is 0. The fraction of sp³-hybridized carbons (Fsp3) is 1.00. The second-order valence-electron chi connectivity index (χ2n) is 1.79. The van der Waals surface area contributed by atoms with Gasteiger partial charge in [-0.3, -0.25) is 0 Å². The number of nitrogens with zero attached hydrogens (tertiary/aromatic N) is 1. The van der Waals surface area contributed by atoms with Crippen LogP contribution < -0.4 is 0 Å². The van der Waals surface area contributed by atoms with Gasteiger partial charge in [-0.1, -0.05) is 0 Å². The molecule has 0 N–H and O–H groups in total. The van der Waals surface area contributed by atoms with Crippen molar-refractivity contribution in [3.05, 3.63) is 0 Å². The first-order valence-electron chi connectivity index (χ1n) is 2.01. The zero-order valence-corrected chi connectivity index (χ0v) is 3.73. The molecule has 1 rings (SSSR count). The Morgan fingerprint density at radius 2 is 2.00 bits per heavy atom. The van der Waals surface area contributed by atoms with Crippen LogP contribution in [0, 0.1) is 0 Å². The highest BCUT2D eigenvalue weighted by Gasteiger charge is 2.22. The zero-order valence-electron chi connectivity index (χ0n) is 3.73. The molecule has 2 atom stereocenters. The van der Waals surface area contributed by atoms with Crippen LogP contribution in [0.15, 0.2) is 0 Å². The van der Waals surface area contributed by atoms with Gasteiger partial charge < -0.3 is 4.90 Å². The number of rotatable bonds is 0. The smallest absolute Gasteiger partial charge is 0.0192 e. The summed E-state index contributed by atoms with van der Waals surface area (Å²) in [5.74, 6) is 0. The van der Waals surface area contributed by atoms with E-state index in [1.165, 1.54) is 6.54 Å². The molecule has 0 aromatic carbocycles. The monoisotopic (exact) mass is 71.1 g/mol. The molecule has 0 aromatic rings. The normalized spacial score (nSPS) is 49.2. The molecule has 1 saturated heterocycles. The van der Waals surface area contributed by atoms with Gasteiger partial charge in [-0.15, -0.1) is 0 Å². The molecule has 0 bridgehead atoms. The molecular formula is C4H9N. The van der Waals surface area contributed by atoms with Gasteiger partial charge in [-0.2, -0.15) is 0 Å². The summed E-state index contributed by atoms with van der Waals surface area (Å²) in [6.07, 6.45) is 0. The minimum absolute atomic E-state index is 0.884. The Hall–Kier alpha value is -0.0400. The average molecular weight is 71.1 g/mol. The van der Waals surface area contributed by atoms with E-state index in [0.717, 1.165) is 6.04 Å². The third-order valence-corrected chi connectivity index (χ3v) is 1.17. The molecule has 1 nitrogen and oxygen atoms in total. The van der Waals surface area contributed by atoms with Crippen LogP contribution in [-0.4, -0.2) is 24.5 Å². The Labute approximate surface area is 32.6 Å². The van der Waals surface area contributed by atoms with E-state index in [2.05, 4.69) is 18.9 Å². The summed E-state index contributed by atoms with van der Waals surface area (Å²) < 4.78 is 0. The maximum atomic E-state index is 2.29. The van der Waals surface area contributed by atoms with E-state index in [9.17, 15) is 0 Å². The molecule has 0 saturated carbocycles. The van der Waals surface area contributed by atoms with E-state index in [0.29, 0.717) is 0 Å². The van der Waals surface area contributed by atoms with Gasteiger partial charge in [0, 0.05) is 12.6 Å². The van der Waals surface area contributed by atoms with Crippen molar-refractivity contribution in [2.24, 2.45) is 0 Å². The molecule has 1 heterocycles. The Kier molecular flexibility index (Phi) is 0.453. The van der Waals surface area contributed by atoms with Crippen LogP contribution >= 0.6 is 0 Å². The molecule has 0 aliphatic carbocycles. The van der Waals surface area contributed by atoms with Gasteiger partial charge in [0.25, 0.3) is 0 Å². The molecule has 1 aliphatic heterocycles. The van der Waals surface area contributed by atoms with Gasteiger partial charge in [0.05, 0.1) is 0 Å². The molecule has 0 amide bonds. The molecule has 1 heteroatoms. The Bertz CT molecular complexity index is 36.9. The molecule has 0 radical (unpaired) electrons. The van der Waals surface area contributed by atoms with Crippen LogP contribution in [0.2, 0.25) is 0 Å². The first-order valence-corrected chi connectivity index (χ1v) is 2.01. The highest BCUT2D eigenvalue weighted by Crippen LogP contribution is 2.09.